The number of ketones is 1. The van der Waals surface area contributed by atoms with Crippen LogP contribution < -0.4 is 0 Å². The van der Waals surface area contributed by atoms with Crippen molar-refractivity contribution in [3.8, 4) is 5.75 Å². The first-order valence-electron chi connectivity index (χ1n) is 4.19. The van der Waals surface area contributed by atoms with Crippen LogP contribution in [0.3, 0.4) is 0 Å². The van der Waals surface area contributed by atoms with Gasteiger partial charge in [0.1, 0.15) is 11.5 Å². The van der Waals surface area contributed by atoms with Gasteiger partial charge in [0.15, 0.2) is 0 Å². The van der Waals surface area contributed by atoms with Gasteiger partial charge in [-0.3, -0.25) is 4.79 Å². The van der Waals surface area contributed by atoms with Crippen molar-refractivity contribution in [1.29, 1.82) is 0 Å². The lowest BCUT2D eigenvalue weighted by molar-refractivity contribution is -0.118. The number of Topliss-reactive ketones (excluding diaryl/α,β-unsaturated/α-hetero) is 1. The fourth-order valence-electron chi connectivity index (χ4n) is 1.66. The molecule has 0 amide bonds. The molecule has 0 unspecified atom stereocenters. The number of halogens is 1. The van der Waals surface area contributed by atoms with E-state index in [1.54, 1.807) is 0 Å². The van der Waals surface area contributed by atoms with E-state index in [2.05, 4.69) is 22.6 Å². The molecule has 0 fully saturated rings. The molecule has 3 heteroatoms. The van der Waals surface area contributed by atoms with Crippen LogP contribution in [0.5, 0.6) is 5.75 Å². The minimum atomic E-state index is 0.271. The van der Waals surface area contributed by atoms with E-state index in [0.29, 0.717) is 25.0 Å². The largest absolute Gasteiger partial charge is 0.507 e. The summed E-state index contributed by atoms with van der Waals surface area (Å²) in [7, 11) is 0. The SMILES string of the molecule is O=C1CCc2c(ccc(I)c2O)C1. The van der Waals surface area contributed by atoms with Gasteiger partial charge in [0.25, 0.3) is 0 Å². The molecule has 2 rings (SSSR count). The zero-order valence-corrected chi connectivity index (χ0v) is 9.17. The zero-order chi connectivity index (χ0) is 9.42. The van der Waals surface area contributed by atoms with Crippen molar-refractivity contribution in [2.45, 2.75) is 19.3 Å². The third kappa shape index (κ3) is 1.57. The fraction of sp³-hybridized carbons (Fsp3) is 0.300. The zero-order valence-electron chi connectivity index (χ0n) is 7.01. The first kappa shape index (κ1) is 8.99. The Bertz CT molecular complexity index is 371. The van der Waals surface area contributed by atoms with Gasteiger partial charge < -0.3 is 5.11 Å². The monoisotopic (exact) mass is 288 g/mol. The standard InChI is InChI=1S/C10H9IO2/c11-9-4-1-6-5-7(12)2-3-8(6)10(9)13/h1,4,13H,2-3,5H2. The average molecular weight is 288 g/mol. The van der Waals surface area contributed by atoms with Crippen molar-refractivity contribution >= 4 is 28.4 Å². The van der Waals surface area contributed by atoms with E-state index >= 15 is 0 Å². The van der Waals surface area contributed by atoms with Gasteiger partial charge in [-0.25, -0.2) is 0 Å². The Morgan fingerprint density at radius 3 is 2.85 bits per heavy atom. The molecule has 1 aliphatic carbocycles. The lowest BCUT2D eigenvalue weighted by atomic mass is 9.90. The van der Waals surface area contributed by atoms with Crippen LogP contribution >= 0.6 is 22.6 Å². The van der Waals surface area contributed by atoms with E-state index in [0.717, 1.165) is 14.7 Å². The molecule has 0 aromatic heterocycles. The summed E-state index contributed by atoms with van der Waals surface area (Å²) >= 11 is 2.10. The highest BCUT2D eigenvalue weighted by molar-refractivity contribution is 14.1. The third-order valence-corrected chi connectivity index (χ3v) is 3.24. The van der Waals surface area contributed by atoms with Crippen LogP contribution in [0, 0.1) is 3.57 Å². The van der Waals surface area contributed by atoms with Crippen LogP contribution in [0.25, 0.3) is 0 Å². The number of hydrogen-bond donors (Lipinski definition) is 1. The van der Waals surface area contributed by atoms with Gasteiger partial charge in [-0.2, -0.15) is 0 Å². The summed E-state index contributed by atoms with van der Waals surface area (Å²) in [5.41, 5.74) is 1.96. The van der Waals surface area contributed by atoms with E-state index in [1.807, 2.05) is 12.1 Å². The number of carbonyl (C=O) groups is 1. The Hall–Kier alpha value is -0.580. The first-order chi connectivity index (χ1) is 6.18. The maximum Gasteiger partial charge on any atom is 0.137 e. The van der Waals surface area contributed by atoms with Crippen molar-refractivity contribution in [2.24, 2.45) is 0 Å². The molecule has 1 aromatic rings. The Labute approximate surface area is 90.1 Å². The molecule has 1 aromatic carbocycles. The third-order valence-electron chi connectivity index (χ3n) is 2.37. The predicted molar refractivity (Wildman–Crippen MR) is 57.9 cm³/mol. The lowest BCUT2D eigenvalue weighted by Gasteiger charge is -2.16. The second kappa shape index (κ2) is 3.29. The van der Waals surface area contributed by atoms with Crippen LogP contribution in [0.15, 0.2) is 12.1 Å². The van der Waals surface area contributed by atoms with Crippen LogP contribution in [0.2, 0.25) is 0 Å². The first-order valence-corrected chi connectivity index (χ1v) is 5.27. The van der Waals surface area contributed by atoms with E-state index in [-0.39, 0.29) is 5.78 Å². The number of phenolic OH excluding ortho intramolecular Hbond substituents is 1. The highest BCUT2D eigenvalue weighted by atomic mass is 127. The number of carbonyl (C=O) groups excluding carboxylic acids is 1. The van der Waals surface area contributed by atoms with E-state index in [9.17, 15) is 9.90 Å². The van der Waals surface area contributed by atoms with Gasteiger partial charge in [0.05, 0.1) is 3.57 Å². The van der Waals surface area contributed by atoms with Gasteiger partial charge in [-0.15, -0.1) is 0 Å². The van der Waals surface area contributed by atoms with E-state index in [1.165, 1.54) is 0 Å². The molecule has 0 aliphatic heterocycles. The van der Waals surface area contributed by atoms with Crippen molar-refractivity contribution in [2.75, 3.05) is 0 Å². The predicted octanol–water partition coefficient (Wildman–Crippen LogP) is 2.05. The summed E-state index contributed by atoms with van der Waals surface area (Å²) < 4.78 is 0.866. The summed E-state index contributed by atoms with van der Waals surface area (Å²) in [6.45, 7) is 0. The van der Waals surface area contributed by atoms with Gasteiger partial charge >= 0.3 is 0 Å². The molecule has 0 atom stereocenters. The molecule has 0 spiro atoms. The smallest absolute Gasteiger partial charge is 0.137 e. The minimum absolute atomic E-state index is 0.271. The Morgan fingerprint density at radius 1 is 1.31 bits per heavy atom. The molecule has 0 saturated carbocycles. The minimum Gasteiger partial charge on any atom is -0.507 e. The quantitative estimate of drug-likeness (QED) is 0.742. The summed E-state index contributed by atoms with van der Waals surface area (Å²) in [5.74, 6) is 0.638. The normalized spacial score (nSPS) is 15.6. The molecule has 13 heavy (non-hydrogen) atoms. The average Bonchev–Trinajstić information content (AvgIpc) is 2.12. The highest BCUT2D eigenvalue weighted by Crippen LogP contribution is 2.31. The van der Waals surface area contributed by atoms with Gasteiger partial charge in [-0.1, -0.05) is 6.07 Å². The van der Waals surface area contributed by atoms with Crippen molar-refractivity contribution in [1.82, 2.24) is 0 Å². The van der Waals surface area contributed by atoms with E-state index < -0.39 is 0 Å². The summed E-state index contributed by atoms with van der Waals surface area (Å²) in [5, 5.41) is 9.71. The fourth-order valence-corrected chi connectivity index (χ4v) is 2.16. The molecule has 0 bridgehead atoms. The van der Waals surface area contributed by atoms with Crippen LogP contribution in [-0.4, -0.2) is 10.9 Å². The van der Waals surface area contributed by atoms with Crippen LogP contribution in [0.4, 0.5) is 0 Å². The van der Waals surface area contributed by atoms with Crippen LogP contribution in [-0.2, 0) is 17.6 Å². The molecule has 68 valence electrons. The summed E-state index contributed by atoms with van der Waals surface area (Å²) in [6, 6.07) is 3.79. The Balaban J connectivity index is 2.53. The van der Waals surface area contributed by atoms with Crippen LogP contribution in [0.1, 0.15) is 17.5 Å². The van der Waals surface area contributed by atoms with Crippen molar-refractivity contribution < 1.29 is 9.90 Å². The van der Waals surface area contributed by atoms with E-state index in [4.69, 9.17) is 0 Å². The van der Waals surface area contributed by atoms with Gasteiger partial charge in [0, 0.05) is 12.8 Å². The number of aromatic hydroxyl groups is 1. The molecule has 0 radical (unpaired) electrons. The Morgan fingerprint density at radius 2 is 2.08 bits per heavy atom. The lowest BCUT2D eigenvalue weighted by Crippen LogP contribution is -2.13. The molecule has 1 aliphatic rings. The topological polar surface area (TPSA) is 37.3 Å². The molecule has 2 nitrogen and oxygen atoms in total. The maximum atomic E-state index is 11.1. The van der Waals surface area contributed by atoms with Gasteiger partial charge in [0.2, 0.25) is 0 Å². The van der Waals surface area contributed by atoms with Crippen molar-refractivity contribution in [3.05, 3.63) is 26.8 Å². The maximum absolute atomic E-state index is 11.1. The van der Waals surface area contributed by atoms with Crippen molar-refractivity contribution in [3.63, 3.8) is 0 Å². The number of fused-ring (bicyclic) bond motifs is 1. The molecular weight excluding hydrogens is 279 g/mol. The molecule has 0 saturated heterocycles. The second-order valence-electron chi connectivity index (χ2n) is 3.25. The Kier molecular flexibility index (Phi) is 2.27. The number of rotatable bonds is 0. The summed E-state index contributed by atoms with van der Waals surface area (Å²) in [4.78, 5) is 11.1. The number of hydrogen-bond acceptors (Lipinski definition) is 2. The molecule has 1 N–H and O–H groups in total. The summed E-state index contributed by atoms with van der Waals surface area (Å²) in [6.07, 6.45) is 1.75. The molecule has 0 heterocycles. The number of phenols is 1. The second-order valence-corrected chi connectivity index (χ2v) is 4.41. The number of benzene rings is 1. The highest BCUT2D eigenvalue weighted by Gasteiger charge is 2.19. The van der Waals surface area contributed by atoms with Gasteiger partial charge in [-0.05, 0) is 46.2 Å². The molecular formula is C10H9IO2.